The Bertz CT molecular complexity index is 525. The molecule has 0 fully saturated rings. The average Bonchev–Trinajstić information content (AvgIpc) is 2.78. The quantitative estimate of drug-likeness (QED) is 0.144. The van der Waals surface area contributed by atoms with E-state index in [1.54, 1.807) is 0 Å². The van der Waals surface area contributed by atoms with Crippen molar-refractivity contribution >= 4 is 70.5 Å². The van der Waals surface area contributed by atoms with Crippen LogP contribution in [-0.2, 0) is 58.1 Å². The van der Waals surface area contributed by atoms with Crippen molar-refractivity contribution in [2.75, 3.05) is 0 Å². The first-order valence-corrected chi connectivity index (χ1v) is 6.18. The van der Waals surface area contributed by atoms with Crippen molar-refractivity contribution in [1.29, 1.82) is 0 Å². The first-order chi connectivity index (χ1) is 14.1. The number of rotatable bonds is 6. The minimum atomic E-state index is -1.27. The fourth-order valence-electron chi connectivity index (χ4n) is 0.575. The summed E-state index contributed by atoms with van der Waals surface area (Å²) in [5, 5.41) is 55.2. The first kappa shape index (κ1) is 39.4. The molecule has 0 saturated heterocycles. The molecule has 0 aliphatic heterocycles. The Morgan fingerprint density at radius 1 is 0.344 bits per heavy atom. The second-order valence-electron chi connectivity index (χ2n) is 3.41. The minimum absolute atomic E-state index is 0. The van der Waals surface area contributed by atoms with Gasteiger partial charge in [0, 0.05) is 36.5 Å². The molecule has 0 aromatic carbocycles. The van der Waals surface area contributed by atoms with E-state index in [9.17, 15) is 60.3 Å². The van der Waals surface area contributed by atoms with Crippen molar-refractivity contribution in [3.05, 3.63) is 36.5 Å². The summed E-state index contributed by atoms with van der Waals surface area (Å²) in [7, 11) is 0. The molecule has 0 aromatic rings. The Hall–Kier alpha value is -3.14. The zero-order valence-corrected chi connectivity index (χ0v) is 17.3. The monoisotopic (exact) mass is 492 g/mol. The van der Waals surface area contributed by atoms with Crippen molar-refractivity contribution in [2.45, 2.75) is 0 Å². The molecule has 0 radical (unpaired) electrons. The van der Waals surface area contributed by atoms with Crippen molar-refractivity contribution in [2.24, 2.45) is 0 Å². The van der Waals surface area contributed by atoms with Crippen LogP contribution in [0, 0.1) is 0 Å². The van der Waals surface area contributed by atoms with Gasteiger partial charge in [-0.2, -0.15) is 0 Å². The van der Waals surface area contributed by atoms with Crippen molar-refractivity contribution in [1.82, 2.24) is 0 Å². The Labute approximate surface area is 196 Å². The zero-order valence-electron chi connectivity index (χ0n) is 15.0. The van der Waals surface area contributed by atoms with Gasteiger partial charge in [0.2, 0.25) is 0 Å². The van der Waals surface area contributed by atoms with Crippen molar-refractivity contribution in [3.8, 4) is 0 Å². The van der Waals surface area contributed by atoms with Crippen LogP contribution in [0.15, 0.2) is 36.5 Å². The number of carbonyl (C=O) groups excluding carboxylic acids is 6. The van der Waals surface area contributed by atoms with E-state index in [-0.39, 0.29) is 34.7 Å². The molecule has 168 valence electrons. The van der Waals surface area contributed by atoms with Crippen LogP contribution in [-0.4, -0.2) is 70.5 Å². The minimum Gasteiger partial charge on any atom is -0.661 e. The maximum atomic E-state index is 9.90. The van der Waals surface area contributed by atoms with Crippen LogP contribution in [0.5, 0.6) is 0 Å². The van der Waals surface area contributed by atoms with E-state index in [1.807, 2.05) is 0 Å². The molecule has 0 atom stereocenters. The predicted octanol–water partition coefficient (Wildman–Crippen LogP) is -9.22. The SMILES string of the molecule is O=C(/C=C\C(=O)O[O-])O[O-].O=C(/C=C\C(=O)O[O-])O[O-].O=C(/C=C\C(=O)O[O-])O[O-].[Al+3].[Al+3]. The van der Waals surface area contributed by atoms with Gasteiger partial charge in [-0.1, -0.05) is 0 Å². The van der Waals surface area contributed by atoms with Gasteiger partial charge < -0.3 is 60.9 Å². The Morgan fingerprint density at radius 3 is 0.500 bits per heavy atom. The summed E-state index contributed by atoms with van der Waals surface area (Å²) >= 11 is 0. The molecular weight excluding hydrogens is 486 g/mol. The van der Waals surface area contributed by atoms with Crippen molar-refractivity contribution in [3.63, 3.8) is 0 Å². The molecule has 32 heavy (non-hydrogen) atoms. The van der Waals surface area contributed by atoms with Gasteiger partial charge in [-0.3, -0.25) is 0 Å². The standard InChI is InChI=1S/3C4H4O6.2Al/c3*5-3(9-7)1-2-4(6)10-8;;/h3*1-2,7-8H;;/q;;;2*+3/p-6/b3*2-1-;;. The molecule has 20 heteroatoms. The summed E-state index contributed by atoms with van der Waals surface area (Å²) in [6.45, 7) is 0. The molecule has 0 spiro atoms. The van der Waals surface area contributed by atoms with Crippen LogP contribution >= 0.6 is 0 Å². The summed E-state index contributed by atoms with van der Waals surface area (Å²) in [5.41, 5.74) is 0. The molecular formula is C12H6Al2O18. The Morgan fingerprint density at radius 2 is 0.438 bits per heavy atom. The predicted molar refractivity (Wildman–Crippen MR) is 75.5 cm³/mol. The fraction of sp³-hybridized carbons (Fsp3) is 0. The maximum absolute atomic E-state index is 9.90. The van der Waals surface area contributed by atoms with E-state index >= 15 is 0 Å². The second kappa shape index (κ2) is 27.9. The summed E-state index contributed by atoms with van der Waals surface area (Å²) in [6, 6.07) is 0. The zero-order chi connectivity index (χ0) is 23.9. The second-order valence-corrected chi connectivity index (χ2v) is 3.41. The molecule has 0 aromatic heterocycles. The molecule has 0 rings (SSSR count). The molecule has 0 unspecified atom stereocenters. The van der Waals surface area contributed by atoms with Crippen LogP contribution in [0.2, 0.25) is 0 Å². The Balaban J connectivity index is -0.000000110. The third-order valence-corrected chi connectivity index (χ3v) is 1.56. The average molecular weight is 492 g/mol. The van der Waals surface area contributed by atoms with Gasteiger partial charge in [0.1, 0.15) is 0 Å². The van der Waals surface area contributed by atoms with E-state index in [2.05, 4.69) is 29.3 Å². The van der Waals surface area contributed by atoms with Crippen LogP contribution in [0.3, 0.4) is 0 Å². The molecule has 0 aliphatic rings. The fourth-order valence-corrected chi connectivity index (χ4v) is 0.575. The Kier molecular flexibility index (Phi) is 34.3. The summed E-state index contributed by atoms with van der Waals surface area (Å²) < 4.78 is 0. The smallest absolute Gasteiger partial charge is 0.661 e. The van der Waals surface area contributed by atoms with Gasteiger partial charge in [0.25, 0.3) is 0 Å². The van der Waals surface area contributed by atoms with Gasteiger partial charge in [0.05, 0.1) is 0 Å². The number of hydrogen-bond donors (Lipinski definition) is 0. The molecule has 0 bridgehead atoms. The van der Waals surface area contributed by atoms with Gasteiger partial charge in [-0.05, 0) is 0 Å². The maximum Gasteiger partial charge on any atom is 3.00 e. The van der Waals surface area contributed by atoms with Crippen LogP contribution < -0.4 is 31.5 Å². The number of hydrogen-bond acceptors (Lipinski definition) is 18. The van der Waals surface area contributed by atoms with Crippen LogP contribution in [0.4, 0.5) is 0 Å². The van der Waals surface area contributed by atoms with Gasteiger partial charge in [-0.25, -0.2) is 28.8 Å². The summed E-state index contributed by atoms with van der Waals surface area (Å²) in [5.74, 6) is -7.64. The van der Waals surface area contributed by atoms with Gasteiger partial charge >= 0.3 is 70.5 Å². The molecule has 0 saturated carbocycles. The van der Waals surface area contributed by atoms with E-state index in [0.29, 0.717) is 36.5 Å². The van der Waals surface area contributed by atoms with Gasteiger partial charge in [0.15, 0.2) is 0 Å². The molecule has 0 N–H and O–H groups in total. The first-order valence-electron chi connectivity index (χ1n) is 6.18. The van der Waals surface area contributed by atoms with E-state index < -0.39 is 35.8 Å². The molecule has 0 aliphatic carbocycles. The normalized spacial score (nSPS) is 8.81. The van der Waals surface area contributed by atoms with E-state index in [0.717, 1.165) is 0 Å². The van der Waals surface area contributed by atoms with Crippen LogP contribution in [0.25, 0.3) is 0 Å². The molecule has 18 nitrogen and oxygen atoms in total. The van der Waals surface area contributed by atoms with Crippen LogP contribution in [0.1, 0.15) is 0 Å². The summed E-state index contributed by atoms with van der Waals surface area (Å²) in [6.07, 6.45) is 2.88. The van der Waals surface area contributed by atoms with Gasteiger partial charge in [-0.15, -0.1) is 0 Å². The molecule has 0 heterocycles. The van der Waals surface area contributed by atoms with Crippen molar-refractivity contribution < 1.29 is 89.6 Å². The summed E-state index contributed by atoms with van der Waals surface area (Å²) in [4.78, 5) is 76.6. The number of carbonyl (C=O) groups is 6. The largest absolute Gasteiger partial charge is 3.00 e. The van der Waals surface area contributed by atoms with E-state index in [4.69, 9.17) is 0 Å². The molecule has 0 amide bonds. The third-order valence-electron chi connectivity index (χ3n) is 1.56. The van der Waals surface area contributed by atoms with E-state index in [1.165, 1.54) is 0 Å². The third kappa shape index (κ3) is 31.6. The topological polar surface area (TPSA) is 296 Å².